The molecule has 10 N–H and O–H groups in total. The molecule has 1 aromatic rings. The number of amides is 4. The van der Waals surface area contributed by atoms with Crippen molar-refractivity contribution in [2.45, 2.75) is 0 Å². The van der Waals surface area contributed by atoms with E-state index in [9.17, 15) is 9.59 Å². The van der Waals surface area contributed by atoms with Crippen molar-refractivity contribution in [2.24, 2.45) is 21.7 Å². The number of anilines is 2. The maximum atomic E-state index is 10.5. The number of urea groups is 2. The van der Waals surface area contributed by atoms with E-state index in [1.807, 2.05) is 10.9 Å². The summed E-state index contributed by atoms with van der Waals surface area (Å²) in [4.78, 5) is 20.9. The number of nitrogens with two attached hydrogens (primary N) is 4. The Morgan fingerprint density at radius 1 is 0.900 bits per heavy atom. The number of nitrogens with zero attached hydrogens (tertiary/aromatic N) is 2. The molecule has 4 amide bonds. The predicted octanol–water partition coefficient (Wildman–Crippen LogP) is -1.14. The molecule has 0 atom stereocenters. The molecule has 0 aliphatic rings. The lowest BCUT2D eigenvalue weighted by molar-refractivity contribution is 0.248. The van der Waals surface area contributed by atoms with Crippen molar-refractivity contribution < 1.29 is 9.59 Å². The second-order valence-corrected chi connectivity index (χ2v) is 3.58. The summed E-state index contributed by atoms with van der Waals surface area (Å²) < 4.78 is 0. The van der Waals surface area contributed by atoms with Gasteiger partial charge in [-0.05, 0) is 12.1 Å². The van der Waals surface area contributed by atoms with Crippen LogP contribution in [0.2, 0.25) is 0 Å². The first kappa shape index (κ1) is 14.8. The van der Waals surface area contributed by atoms with Gasteiger partial charge < -0.3 is 22.9 Å². The molecule has 0 radical (unpaired) electrons. The predicted molar refractivity (Wildman–Crippen MR) is 75.9 cm³/mol. The summed E-state index contributed by atoms with van der Waals surface area (Å²) in [6, 6.07) is 1.44. The third kappa shape index (κ3) is 4.52. The van der Waals surface area contributed by atoms with Gasteiger partial charge in [0.1, 0.15) is 0 Å². The van der Waals surface area contributed by atoms with Crippen LogP contribution in [0.3, 0.4) is 0 Å². The highest BCUT2D eigenvalue weighted by molar-refractivity contribution is 5.96. The van der Waals surface area contributed by atoms with E-state index in [0.717, 1.165) is 0 Å². The van der Waals surface area contributed by atoms with E-state index in [1.54, 1.807) is 6.07 Å². The highest BCUT2D eigenvalue weighted by Gasteiger charge is 2.03. The van der Waals surface area contributed by atoms with E-state index in [2.05, 4.69) is 10.2 Å². The molecule has 10 heteroatoms. The Morgan fingerprint density at radius 2 is 1.30 bits per heavy atom. The number of benzene rings is 1. The van der Waals surface area contributed by atoms with Crippen molar-refractivity contribution in [3.63, 3.8) is 0 Å². The van der Waals surface area contributed by atoms with E-state index in [1.165, 1.54) is 18.5 Å². The van der Waals surface area contributed by atoms with Gasteiger partial charge in [-0.1, -0.05) is 0 Å². The van der Waals surface area contributed by atoms with Crippen molar-refractivity contribution in [1.82, 2.24) is 10.9 Å². The first-order chi connectivity index (χ1) is 9.40. The van der Waals surface area contributed by atoms with E-state index in [4.69, 9.17) is 22.9 Å². The number of nitrogens with one attached hydrogen (secondary N) is 2. The van der Waals surface area contributed by atoms with Crippen LogP contribution in [-0.2, 0) is 0 Å². The third-order valence-electron chi connectivity index (χ3n) is 2.05. The van der Waals surface area contributed by atoms with E-state index < -0.39 is 12.1 Å². The fourth-order valence-corrected chi connectivity index (χ4v) is 1.22. The molecule has 0 aromatic heterocycles. The number of rotatable bonds is 4. The molecule has 20 heavy (non-hydrogen) atoms. The van der Waals surface area contributed by atoms with Crippen LogP contribution in [0.1, 0.15) is 11.1 Å². The van der Waals surface area contributed by atoms with Crippen LogP contribution in [0.15, 0.2) is 22.3 Å². The monoisotopic (exact) mass is 278 g/mol. The van der Waals surface area contributed by atoms with Crippen molar-refractivity contribution in [1.29, 1.82) is 0 Å². The smallest absolute Gasteiger partial charge is 0.332 e. The number of carbonyl (C=O) groups excluding carboxylic acids is 2. The zero-order chi connectivity index (χ0) is 15.1. The zero-order valence-corrected chi connectivity index (χ0v) is 10.3. The van der Waals surface area contributed by atoms with Gasteiger partial charge in [0.15, 0.2) is 0 Å². The van der Waals surface area contributed by atoms with Crippen LogP contribution in [0.25, 0.3) is 0 Å². The Morgan fingerprint density at radius 3 is 1.65 bits per heavy atom. The van der Waals surface area contributed by atoms with Gasteiger partial charge in [0.25, 0.3) is 0 Å². The van der Waals surface area contributed by atoms with Gasteiger partial charge in [0, 0.05) is 22.5 Å². The number of nitrogen functional groups attached to an aromatic ring is 2. The van der Waals surface area contributed by atoms with Gasteiger partial charge in [0.05, 0.1) is 12.4 Å². The summed E-state index contributed by atoms with van der Waals surface area (Å²) in [6.07, 6.45) is 2.58. The molecule has 10 nitrogen and oxygen atoms in total. The van der Waals surface area contributed by atoms with Crippen molar-refractivity contribution >= 4 is 35.9 Å². The second kappa shape index (κ2) is 6.58. The molecule has 0 saturated heterocycles. The molecule has 106 valence electrons. The number of primary amides is 2. The SMILES string of the molecule is NC(=O)N/N=C\c1cc(/C=N\NC(N)=O)c(N)cc1N. The third-order valence-corrected chi connectivity index (χ3v) is 2.05. The van der Waals surface area contributed by atoms with Crippen molar-refractivity contribution in [2.75, 3.05) is 11.5 Å². The summed E-state index contributed by atoms with van der Waals surface area (Å²) in [5.74, 6) is 0. The average Bonchev–Trinajstić information content (AvgIpc) is 2.33. The highest BCUT2D eigenvalue weighted by Crippen LogP contribution is 2.18. The maximum absolute atomic E-state index is 10.5. The minimum Gasteiger partial charge on any atom is -0.398 e. The standard InChI is InChI=1S/C10H14N8O2/c11-7-2-8(12)6(4-16-18-10(14)20)1-5(7)3-15-17-9(13)19/h1-4H,11-12H2,(H3,13,17,19)(H3,14,18,20)/b15-3-,16-4-. The number of hydrogen-bond acceptors (Lipinski definition) is 6. The lowest BCUT2D eigenvalue weighted by Crippen LogP contribution is -2.24. The van der Waals surface area contributed by atoms with E-state index >= 15 is 0 Å². The maximum Gasteiger partial charge on any atom is 0.332 e. The molecular formula is C10H14N8O2. The van der Waals surface area contributed by atoms with Crippen LogP contribution in [0, 0.1) is 0 Å². The minimum atomic E-state index is -0.803. The molecule has 0 aliphatic heterocycles. The zero-order valence-electron chi connectivity index (χ0n) is 10.3. The Kier molecular flexibility index (Phi) is 4.86. The Hall–Kier alpha value is -3.30. The Balaban J connectivity index is 2.97. The first-order valence-electron chi connectivity index (χ1n) is 5.26. The van der Waals surface area contributed by atoms with Crippen LogP contribution < -0.4 is 33.8 Å². The number of hydrazone groups is 2. The van der Waals surface area contributed by atoms with Crippen molar-refractivity contribution in [3.05, 3.63) is 23.3 Å². The largest absolute Gasteiger partial charge is 0.398 e. The molecule has 0 heterocycles. The van der Waals surface area contributed by atoms with Gasteiger partial charge in [-0.25, -0.2) is 20.4 Å². The quantitative estimate of drug-likeness (QED) is 0.231. The molecule has 1 aromatic carbocycles. The Labute approximate surface area is 113 Å². The van der Waals surface area contributed by atoms with Crippen molar-refractivity contribution in [3.8, 4) is 0 Å². The van der Waals surface area contributed by atoms with Crippen LogP contribution >= 0.6 is 0 Å². The van der Waals surface area contributed by atoms with Gasteiger partial charge in [0.2, 0.25) is 0 Å². The lowest BCUT2D eigenvalue weighted by Gasteiger charge is -2.05. The van der Waals surface area contributed by atoms with Crippen LogP contribution in [0.5, 0.6) is 0 Å². The summed E-state index contributed by atoms with van der Waals surface area (Å²) in [7, 11) is 0. The van der Waals surface area contributed by atoms with Gasteiger partial charge in [-0.15, -0.1) is 0 Å². The van der Waals surface area contributed by atoms with E-state index in [-0.39, 0.29) is 0 Å². The first-order valence-corrected chi connectivity index (χ1v) is 5.26. The van der Waals surface area contributed by atoms with Gasteiger partial charge >= 0.3 is 12.1 Å². The van der Waals surface area contributed by atoms with Gasteiger partial charge in [-0.2, -0.15) is 10.2 Å². The molecule has 0 aliphatic carbocycles. The normalized spacial score (nSPS) is 10.8. The Bertz CT molecular complexity index is 534. The molecule has 0 spiro atoms. The molecule has 1 rings (SSSR count). The molecule has 0 saturated carbocycles. The summed E-state index contributed by atoms with van der Waals surface area (Å²) in [5, 5.41) is 7.15. The fourth-order valence-electron chi connectivity index (χ4n) is 1.22. The molecule has 0 fully saturated rings. The summed E-state index contributed by atoms with van der Waals surface area (Å²) >= 11 is 0. The second-order valence-electron chi connectivity index (χ2n) is 3.58. The van der Waals surface area contributed by atoms with E-state index in [0.29, 0.717) is 22.5 Å². The fraction of sp³-hybridized carbons (Fsp3) is 0. The van der Waals surface area contributed by atoms with Crippen LogP contribution in [-0.4, -0.2) is 24.5 Å². The molecular weight excluding hydrogens is 264 g/mol. The lowest BCUT2D eigenvalue weighted by atomic mass is 10.1. The van der Waals surface area contributed by atoms with Gasteiger partial charge in [-0.3, -0.25) is 0 Å². The summed E-state index contributed by atoms with van der Waals surface area (Å²) in [6.45, 7) is 0. The topological polar surface area (TPSA) is 187 Å². The van der Waals surface area contributed by atoms with Crippen LogP contribution in [0.4, 0.5) is 21.0 Å². The molecule has 0 unspecified atom stereocenters. The minimum absolute atomic E-state index is 0.345. The average molecular weight is 278 g/mol. The summed E-state index contributed by atoms with van der Waals surface area (Å²) in [5.41, 5.74) is 26.9. The number of carbonyl (C=O) groups is 2. The molecule has 0 bridgehead atoms. The number of hydrogen-bond donors (Lipinski definition) is 6. The highest BCUT2D eigenvalue weighted by atomic mass is 16.2.